The van der Waals surface area contributed by atoms with Gasteiger partial charge < -0.3 is 5.32 Å². The Morgan fingerprint density at radius 1 is 1.35 bits per heavy atom. The molecule has 0 aliphatic rings. The Hall–Kier alpha value is -0.120. The molecule has 1 aromatic carbocycles. The van der Waals surface area contributed by atoms with Crippen LogP contribution in [0.3, 0.4) is 0 Å². The molecule has 0 aliphatic carbocycles. The summed E-state index contributed by atoms with van der Waals surface area (Å²) in [6, 6.07) is 3.15. The van der Waals surface area contributed by atoms with E-state index < -0.39 is 0 Å². The summed E-state index contributed by atoms with van der Waals surface area (Å²) in [6.07, 6.45) is 2.02. The maximum Gasteiger partial charge on any atom is 0.129 e. The Morgan fingerprint density at radius 2 is 1.94 bits per heavy atom. The van der Waals surface area contributed by atoms with Gasteiger partial charge in [-0.3, -0.25) is 0 Å². The topological polar surface area (TPSA) is 12.0 Å². The van der Waals surface area contributed by atoms with Crippen molar-refractivity contribution < 1.29 is 4.39 Å². The van der Waals surface area contributed by atoms with Crippen molar-refractivity contribution >= 4 is 27.5 Å². The van der Waals surface area contributed by atoms with Gasteiger partial charge >= 0.3 is 0 Å². The normalized spacial score (nSPS) is 13.1. The zero-order valence-electron chi connectivity index (χ0n) is 10.4. The second kappa shape index (κ2) is 6.72. The summed E-state index contributed by atoms with van der Waals surface area (Å²) in [5, 5.41) is 3.74. The van der Waals surface area contributed by atoms with Crippen LogP contribution in [0.25, 0.3) is 0 Å². The monoisotopic (exact) mass is 321 g/mol. The fourth-order valence-corrected chi connectivity index (χ4v) is 2.67. The standard InChI is InChI=1S/C13H18BrClFN/c1-4-8(5-2)13(17-3)9-6-11(15)10(14)7-12(9)16/h6-8,13,17H,4-5H2,1-3H3. The molecule has 0 saturated heterocycles. The van der Waals surface area contributed by atoms with E-state index >= 15 is 0 Å². The Bertz CT molecular complexity index is 380. The molecule has 0 amide bonds. The highest BCUT2D eigenvalue weighted by molar-refractivity contribution is 9.10. The molecule has 1 N–H and O–H groups in total. The molecule has 0 saturated carbocycles. The van der Waals surface area contributed by atoms with Crippen LogP contribution in [0.5, 0.6) is 0 Å². The van der Waals surface area contributed by atoms with E-state index in [9.17, 15) is 4.39 Å². The lowest BCUT2D eigenvalue weighted by molar-refractivity contribution is 0.350. The molecule has 1 nitrogen and oxygen atoms in total. The van der Waals surface area contributed by atoms with Gasteiger partial charge in [0, 0.05) is 16.1 Å². The number of nitrogens with one attached hydrogen (secondary N) is 1. The molecule has 1 unspecified atom stereocenters. The van der Waals surface area contributed by atoms with Gasteiger partial charge in [-0.05, 0) is 41.0 Å². The SMILES string of the molecule is CCC(CC)C(NC)c1cc(Cl)c(Br)cc1F. The van der Waals surface area contributed by atoms with Crippen molar-refractivity contribution in [2.75, 3.05) is 7.05 Å². The summed E-state index contributed by atoms with van der Waals surface area (Å²) in [6.45, 7) is 4.24. The van der Waals surface area contributed by atoms with Crippen molar-refractivity contribution in [2.24, 2.45) is 5.92 Å². The molecular formula is C13H18BrClFN. The third-order valence-electron chi connectivity index (χ3n) is 3.21. The maximum atomic E-state index is 14.0. The first kappa shape index (κ1) is 14.9. The van der Waals surface area contributed by atoms with Crippen molar-refractivity contribution in [3.63, 3.8) is 0 Å². The predicted octanol–water partition coefficient (Wildman–Crippen LogP) is 4.94. The minimum Gasteiger partial charge on any atom is -0.313 e. The van der Waals surface area contributed by atoms with Crippen LogP contribution in [0.1, 0.15) is 38.3 Å². The van der Waals surface area contributed by atoms with E-state index in [1.165, 1.54) is 6.07 Å². The van der Waals surface area contributed by atoms with Gasteiger partial charge in [-0.25, -0.2) is 4.39 Å². The average Bonchev–Trinajstić information content (AvgIpc) is 2.31. The highest BCUT2D eigenvalue weighted by Crippen LogP contribution is 2.33. The van der Waals surface area contributed by atoms with Crippen LogP contribution >= 0.6 is 27.5 Å². The van der Waals surface area contributed by atoms with Gasteiger partial charge in [-0.2, -0.15) is 0 Å². The molecule has 0 spiro atoms. The zero-order chi connectivity index (χ0) is 13.0. The number of benzene rings is 1. The minimum absolute atomic E-state index is 0.00981. The van der Waals surface area contributed by atoms with Crippen molar-refractivity contribution in [3.8, 4) is 0 Å². The van der Waals surface area contributed by atoms with E-state index in [-0.39, 0.29) is 11.9 Å². The highest BCUT2D eigenvalue weighted by Gasteiger charge is 2.22. The Balaban J connectivity index is 3.15. The maximum absolute atomic E-state index is 14.0. The van der Waals surface area contributed by atoms with Crippen LogP contribution in [-0.2, 0) is 0 Å². The van der Waals surface area contributed by atoms with E-state index in [1.807, 2.05) is 7.05 Å². The van der Waals surface area contributed by atoms with Gasteiger partial charge in [0.2, 0.25) is 0 Å². The lowest BCUT2D eigenvalue weighted by atomic mass is 9.89. The van der Waals surface area contributed by atoms with E-state index in [0.717, 1.165) is 12.8 Å². The van der Waals surface area contributed by atoms with Crippen molar-refractivity contribution in [2.45, 2.75) is 32.7 Å². The van der Waals surface area contributed by atoms with Crippen LogP contribution in [-0.4, -0.2) is 7.05 Å². The summed E-state index contributed by atoms with van der Waals surface area (Å²) in [5.41, 5.74) is 0.648. The van der Waals surface area contributed by atoms with Gasteiger partial charge in [0.05, 0.1) is 5.02 Å². The Morgan fingerprint density at radius 3 is 2.41 bits per heavy atom. The third kappa shape index (κ3) is 3.43. The molecule has 0 bridgehead atoms. The molecule has 0 heterocycles. The number of hydrogen-bond donors (Lipinski definition) is 1. The van der Waals surface area contributed by atoms with Crippen molar-refractivity contribution in [1.29, 1.82) is 0 Å². The first-order valence-corrected chi connectivity index (χ1v) is 7.03. The summed E-state index contributed by atoms with van der Waals surface area (Å²) >= 11 is 9.27. The second-order valence-corrected chi connectivity index (χ2v) is 5.39. The average molecular weight is 323 g/mol. The molecule has 0 aliphatic heterocycles. The summed E-state index contributed by atoms with van der Waals surface area (Å²) < 4.78 is 14.6. The van der Waals surface area contributed by atoms with Crippen molar-refractivity contribution in [3.05, 3.63) is 33.0 Å². The van der Waals surface area contributed by atoms with Gasteiger partial charge in [0.15, 0.2) is 0 Å². The fourth-order valence-electron chi connectivity index (χ4n) is 2.18. The Kier molecular flexibility index (Phi) is 5.90. The molecule has 0 fully saturated rings. The zero-order valence-corrected chi connectivity index (χ0v) is 12.7. The van der Waals surface area contributed by atoms with E-state index in [0.29, 0.717) is 21.0 Å². The largest absolute Gasteiger partial charge is 0.313 e. The van der Waals surface area contributed by atoms with Crippen LogP contribution in [0.15, 0.2) is 16.6 Å². The van der Waals surface area contributed by atoms with Crippen LogP contribution in [0, 0.1) is 11.7 Å². The van der Waals surface area contributed by atoms with Gasteiger partial charge in [0.25, 0.3) is 0 Å². The first-order chi connectivity index (χ1) is 8.04. The molecular weight excluding hydrogens is 305 g/mol. The molecule has 1 aromatic rings. The molecule has 1 atom stereocenters. The second-order valence-electron chi connectivity index (χ2n) is 4.13. The summed E-state index contributed by atoms with van der Waals surface area (Å²) in [4.78, 5) is 0. The molecule has 17 heavy (non-hydrogen) atoms. The third-order valence-corrected chi connectivity index (χ3v) is 4.40. The smallest absolute Gasteiger partial charge is 0.129 e. The van der Waals surface area contributed by atoms with Crippen LogP contribution in [0.4, 0.5) is 4.39 Å². The Labute approximate surface area is 116 Å². The molecule has 0 aromatic heterocycles. The van der Waals surface area contributed by atoms with Crippen LogP contribution < -0.4 is 5.32 Å². The lowest BCUT2D eigenvalue weighted by Crippen LogP contribution is -2.25. The van der Waals surface area contributed by atoms with Crippen LogP contribution in [0.2, 0.25) is 5.02 Å². The highest BCUT2D eigenvalue weighted by atomic mass is 79.9. The van der Waals surface area contributed by atoms with E-state index in [2.05, 4.69) is 35.1 Å². The molecule has 0 radical (unpaired) electrons. The molecule has 96 valence electrons. The van der Waals surface area contributed by atoms with E-state index in [1.54, 1.807) is 6.07 Å². The lowest BCUT2D eigenvalue weighted by Gasteiger charge is -2.26. The fraction of sp³-hybridized carbons (Fsp3) is 0.538. The summed E-state index contributed by atoms with van der Waals surface area (Å²) in [5.74, 6) is 0.194. The predicted molar refractivity (Wildman–Crippen MR) is 75.0 cm³/mol. The molecule has 1 rings (SSSR count). The first-order valence-electron chi connectivity index (χ1n) is 5.86. The van der Waals surface area contributed by atoms with Gasteiger partial charge in [-0.15, -0.1) is 0 Å². The quantitative estimate of drug-likeness (QED) is 0.757. The van der Waals surface area contributed by atoms with Gasteiger partial charge in [0.1, 0.15) is 5.82 Å². The molecule has 4 heteroatoms. The van der Waals surface area contributed by atoms with Gasteiger partial charge in [-0.1, -0.05) is 38.3 Å². The number of rotatable bonds is 5. The minimum atomic E-state index is -0.215. The van der Waals surface area contributed by atoms with Crippen molar-refractivity contribution in [1.82, 2.24) is 5.32 Å². The van der Waals surface area contributed by atoms with E-state index in [4.69, 9.17) is 11.6 Å². The number of hydrogen-bond acceptors (Lipinski definition) is 1. The summed E-state index contributed by atoms with van der Waals surface area (Å²) in [7, 11) is 1.86. The number of halogens is 3.